The Balaban J connectivity index is 2.01. The Morgan fingerprint density at radius 1 is 0.400 bits per heavy atom. The predicted octanol–water partition coefficient (Wildman–Crippen LogP) is -0.124. The highest BCUT2D eigenvalue weighted by Crippen LogP contribution is 1.92. The molecular weight excluding hydrogens is 188 g/mol. The molecule has 1 aliphatic rings. The van der Waals surface area contributed by atoms with Gasteiger partial charge in [0.2, 0.25) is 0 Å². The third-order valence-corrected chi connectivity index (χ3v) is 2.64. The number of hydrogen-bond acceptors (Lipinski definition) is 4. The quantitative estimate of drug-likeness (QED) is 0.454. The fourth-order valence-corrected chi connectivity index (χ4v) is 1.71. The van der Waals surface area contributed by atoms with E-state index in [0.717, 1.165) is 39.4 Å². The summed E-state index contributed by atoms with van der Waals surface area (Å²) in [5.41, 5.74) is 0. The second-order valence-corrected chi connectivity index (χ2v) is 4.09. The summed E-state index contributed by atoms with van der Waals surface area (Å²) in [6.07, 6.45) is 5.18. The topological polar surface area (TPSA) is 48.1 Å². The van der Waals surface area contributed by atoms with E-state index in [9.17, 15) is 0 Å². The first kappa shape index (κ1) is 12.9. The Kier molecular flexibility index (Phi) is 8.92. The summed E-state index contributed by atoms with van der Waals surface area (Å²) in [4.78, 5) is 0. The SMILES string of the molecule is C1CCNCCCNCNCCNCC1. The minimum Gasteiger partial charge on any atom is -0.317 e. The van der Waals surface area contributed by atoms with Crippen LogP contribution in [0, 0.1) is 0 Å². The Labute approximate surface area is 93.6 Å². The molecule has 0 aromatic rings. The summed E-state index contributed by atoms with van der Waals surface area (Å²) in [6.45, 7) is 7.67. The number of rotatable bonds is 0. The first-order valence-corrected chi connectivity index (χ1v) is 6.33. The zero-order valence-corrected chi connectivity index (χ0v) is 9.78. The summed E-state index contributed by atoms with van der Waals surface area (Å²) in [7, 11) is 0. The van der Waals surface area contributed by atoms with Crippen molar-refractivity contribution in [2.75, 3.05) is 45.9 Å². The van der Waals surface area contributed by atoms with E-state index in [-0.39, 0.29) is 0 Å². The summed E-state index contributed by atoms with van der Waals surface area (Å²) in [5.74, 6) is 0. The standard InChI is InChI=1S/C11H26N4/c1-2-5-12-7-4-8-14-11-15-10-9-13-6-3-1/h12-15H,1-11H2. The van der Waals surface area contributed by atoms with Crippen LogP contribution >= 0.6 is 0 Å². The van der Waals surface area contributed by atoms with Gasteiger partial charge in [-0.25, -0.2) is 0 Å². The average molecular weight is 214 g/mol. The van der Waals surface area contributed by atoms with Crippen molar-refractivity contribution in [3.05, 3.63) is 0 Å². The largest absolute Gasteiger partial charge is 0.317 e. The highest BCUT2D eigenvalue weighted by molar-refractivity contribution is 4.56. The molecule has 0 unspecified atom stereocenters. The molecule has 1 aliphatic heterocycles. The van der Waals surface area contributed by atoms with E-state index in [1.807, 2.05) is 0 Å². The van der Waals surface area contributed by atoms with Gasteiger partial charge in [-0.1, -0.05) is 6.42 Å². The normalized spacial score (nSPS) is 24.0. The lowest BCUT2D eigenvalue weighted by Gasteiger charge is -2.07. The maximum absolute atomic E-state index is 3.47. The first-order chi connectivity index (χ1) is 7.50. The highest BCUT2D eigenvalue weighted by Gasteiger charge is 1.93. The Morgan fingerprint density at radius 2 is 0.933 bits per heavy atom. The van der Waals surface area contributed by atoms with Gasteiger partial charge in [0, 0.05) is 19.8 Å². The van der Waals surface area contributed by atoms with Crippen LogP contribution < -0.4 is 21.3 Å². The van der Waals surface area contributed by atoms with E-state index in [1.165, 1.54) is 32.2 Å². The van der Waals surface area contributed by atoms with Crippen LogP contribution in [0.15, 0.2) is 0 Å². The lowest BCUT2D eigenvalue weighted by Crippen LogP contribution is -2.35. The van der Waals surface area contributed by atoms with Crippen LogP contribution in [0.1, 0.15) is 25.7 Å². The molecule has 0 bridgehead atoms. The number of hydrogen-bond donors (Lipinski definition) is 4. The van der Waals surface area contributed by atoms with E-state index in [4.69, 9.17) is 0 Å². The van der Waals surface area contributed by atoms with Crippen molar-refractivity contribution in [2.45, 2.75) is 25.7 Å². The Morgan fingerprint density at radius 3 is 1.80 bits per heavy atom. The fraction of sp³-hybridized carbons (Fsp3) is 1.00. The monoisotopic (exact) mass is 214 g/mol. The van der Waals surface area contributed by atoms with Gasteiger partial charge in [-0.05, 0) is 45.4 Å². The zero-order chi connectivity index (χ0) is 10.6. The maximum Gasteiger partial charge on any atom is 0.0454 e. The molecule has 1 fully saturated rings. The second kappa shape index (κ2) is 10.4. The van der Waals surface area contributed by atoms with Crippen LogP contribution in [0.3, 0.4) is 0 Å². The van der Waals surface area contributed by atoms with E-state index < -0.39 is 0 Å². The van der Waals surface area contributed by atoms with Gasteiger partial charge in [0.15, 0.2) is 0 Å². The Hall–Kier alpha value is -0.160. The smallest absolute Gasteiger partial charge is 0.0454 e. The van der Waals surface area contributed by atoms with Gasteiger partial charge in [0.1, 0.15) is 0 Å². The molecule has 4 heteroatoms. The van der Waals surface area contributed by atoms with E-state index in [0.29, 0.717) is 0 Å². The molecule has 1 rings (SSSR count). The number of nitrogens with one attached hydrogen (secondary N) is 4. The second-order valence-electron chi connectivity index (χ2n) is 4.09. The third kappa shape index (κ3) is 8.81. The first-order valence-electron chi connectivity index (χ1n) is 6.33. The van der Waals surface area contributed by atoms with Crippen LogP contribution in [0.5, 0.6) is 0 Å². The van der Waals surface area contributed by atoms with Gasteiger partial charge in [0.25, 0.3) is 0 Å². The molecule has 0 aromatic heterocycles. The van der Waals surface area contributed by atoms with Crippen molar-refractivity contribution in [3.63, 3.8) is 0 Å². The lowest BCUT2D eigenvalue weighted by molar-refractivity contribution is 0.544. The van der Waals surface area contributed by atoms with E-state index in [2.05, 4.69) is 21.3 Å². The van der Waals surface area contributed by atoms with Crippen LogP contribution in [0.25, 0.3) is 0 Å². The molecule has 0 radical (unpaired) electrons. The molecular formula is C11H26N4. The molecule has 0 spiro atoms. The minimum atomic E-state index is 0.932. The van der Waals surface area contributed by atoms with E-state index in [1.54, 1.807) is 0 Å². The maximum atomic E-state index is 3.47. The van der Waals surface area contributed by atoms with Gasteiger partial charge in [0.05, 0.1) is 0 Å². The third-order valence-electron chi connectivity index (χ3n) is 2.64. The lowest BCUT2D eigenvalue weighted by atomic mass is 10.2. The molecule has 1 heterocycles. The summed E-state index contributed by atoms with van der Waals surface area (Å²) >= 11 is 0. The van der Waals surface area contributed by atoms with Crippen molar-refractivity contribution in [3.8, 4) is 0 Å². The van der Waals surface area contributed by atoms with Crippen LogP contribution in [0.4, 0.5) is 0 Å². The van der Waals surface area contributed by atoms with Gasteiger partial charge in [-0.15, -0.1) is 0 Å². The molecule has 0 saturated carbocycles. The van der Waals surface area contributed by atoms with Crippen LogP contribution in [0.2, 0.25) is 0 Å². The highest BCUT2D eigenvalue weighted by atomic mass is 15.1. The van der Waals surface area contributed by atoms with Crippen LogP contribution in [-0.4, -0.2) is 45.9 Å². The molecule has 90 valence electrons. The summed E-state index contributed by atoms with van der Waals surface area (Å²) in [6, 6.07) is 0. The molecule has 0 amide bonds. The van der Waals surface area contributed by atoms with Crippen molar-refractivity contribution in [1.82, 2.24) is 21.3 Å². The van der Waals surface area contributed by atoms with Crippen molar-refractivity contribution >= 4 is 0 Å². The molecule has 1 saturated heterocycles. The minimum absolute atomic E-state index is 0.932. The van der Waals surface area contributed by atoms with Crippen molar-refractivity contribution < 1.29 is 0 Å². The zero-order valence-electron chi connectivity index (χ0n) is 9.78. The summed E-state index contributed by atoms with van der Waals surface area (Å²) in [5, 5.41) is 13.7. The molecule has 0 aliphatic carbocycles. The fourth-order valence-electron chi connectivity index (χ4n) is 1.71. The van der Waals surface area contributed by atoms with Crippen molar-refractivity contribution in [2.24, 2.45) is 0 Å². The molecule has 0 atom stereocenters. The average Bonchev–Trinajstić information content (AvgIpc) is 2.27. The van der Waals surface area contributed by atoms with Gasteiger partial charge in [-0.3, -0.25) is 0 Å². The van der Waals surface area contributed by atoms with E-state index >= 15 is 0 Å². The predicted molar refractivity (Wildman–Crippen MR) is 65.1 cm³/mol. The molecule has 15 heavy (non-hydrogen) atoms. The van der Waals surface area contributed by atoms with Crippen LogP contribution in [-0.2, 0) is 0 Å². The van der Waals surface area contributed by atoms with Gasteiger partial charge < -0.3 is 21.3 Å². The summed E-state index contributed by atoms with van der Waals surface area (Å²) < 4.78 is 0. The van der Waals surface area contributed by atoms with Gasteiger partial charge >= 0.3 is 0 Å². The van der Waals surface area contributed by atoms with Gasteiger partial charge in [-0.2, -0.15) is 0 Å². The molecule has 0 aromatic carbocycles. The molecule has 4 N–H and O–H groups in total. The molecule has 4 nitrogen and oxygen atoms in total. The van der Waals surface area contributed by atoms with Crippen molar-refractivity contribution in [1.29, 1.82) is 0 Å². The Bertz CT molecular complexity index is 71.2.